The Morgan fingerprint density at radius 1 is 1.24 bits per heavy atom. The van der Waals surface area contributed by atoms with E-state index in [1.807, 2.05) is 12.1 Å². The molecule has 2 aromatic rings. The number of hydrogen-bond donors (Lipinski definition) is 1. The third-order valence-electron chi connectivity index (χ3n) is 2.41. The van der Waals surface area contributed by atoms with E-state index in [0.717, 1.165) is 11.3 Å². The van der Waals surface area contributed by atoms with Crippen molar-refractivity contribution >= 4 is 5.97 Å². The number of pyridine rings is 1. The molecule has 17 heavy (non-hydrogen) atoms. The third-order valence-corrected chi connectivity index (χ3v) is 2.41. The summed E-state index contributed by atoms with van der Waals surface area (Å²) in [7, 11) is 1.59. The van der Waals surface area contributed by atoms with Crippen molar-refractivity contribution in [3.05, 3.63) is 48.3 Å². The molecule has 0 atom stereocenters. The molecule has 2 rings (SSSR count). The molecule has 0 saturated heterocycles. The molecule has 4 nitrogen and oxygen atoms in total. The number of methoxy groups -OCH3 is 1. The molecule has 0 bridgehead atoms. The van der Waals surface area contributed by atoms with Gasteiger partial charge in [-0.25, -0.2) is 9.78 Å². The number of rotatable bonds is 3. The normalized spacial score (nSPS) is 9.94. The zero-order valence-electron chi connectivity index (χ0n) is 9.25. The van der Waals surface area contributed by atoms with E-state index in [4.69, 9.17) is 9.84 Å². The van der Waals surface area contributed by atoms with Crippen LogP contribution >= 0.6 is 0 Å². The summed E-state index contributed by atoms with van der Waals surface area (Å²) in [5, 5.41) is 9.04. The molecule has 0 fully saturated rings. The largest absolute Gasteiger partial charge is 0.497 e. The molecule has 86 valence electrons. The van der Waals surface area contributed by atoms with Crippen molar-refractivity contribution in [2.45, 2.75) is 0 Å². The number of ether oxygens (including phenoxy) is 1. The van der Waals surface area contributed by atoms with Crippen LogP contribution in [0.4, 0.5) is 0 Å². The van der Waals surface area contributed by atoms with Gasteiger partial charge < -0.3 is 9.84 Å². The van der Waals surface area contributed by atoms with E-state index >= 15 is 0 Å². The van der Waals surface area contributed by atoms with Gasteiger partial charge in [-0.1, -0.05) is 18.2 Å². The molecule has 4 heteroatoms. The molecule has 1 heterocycles. The second-order valence-corrected chi connectivity index (χ2v) is 3.43. The predicted molar refractivity (Wildman–Crippen MR) is 63.2 cm³/mol. The van der Waals surface area contributed by atoms with Gasteiger partial charge in [0.2, 0.25) is 0 Å². The molecule has 1 N–H and O–H groups in total. The molecule has 0 spiro atoms. The van der Waals surface area contributed by atoms with Crippen LogP contribution in [-0.4, -0.2) is 23.2 Å². The highest BCUT2D eigenvalue weighted by atomic mass is 16.5. The van der Waals surface area contributed by atoms with Crippen LogP contribution in [-0.2, 0) is 0 Å². The fraction of sp³-hybridized carbons (Fsp3) is 0.0769. The Hall–Kier alpha value is -2.36. The van der Waals surface area contributed by atoms with Gasteiger partial charge in [0.1, 0.15) is 5.75 Å². The van der Waals surface area contributed by atoms with Crippen LogP contribution in [0.25, 0.3) is 11.1 Å². The molecule has 0 saturated carbocycles. The highest BCUT2D eigenvalue weighted by Crippen LogP contribution is 2.24. The van der Waals surface area contributed by atoms with Gasteiger partial charge in [0.25, 0.3) is 0 Å². The molecule has 0 amide bonds. The van der Waals surface area contributed by atoms with E-state index in [1.165, 1.54) is 6.20 Å². The van der Waals surface area contributed by atoms with Crippen molar-refractivity contribution in [2.75, 3.05) is 7.11 Å². The Kier molecular flexibility index (Phi) is 3.05. The number of nitrogens with zero attached hydrogens (tertiary/aromatic N) is 1. The number of aromatic carboxylic acids is 1. The van der Waals surface area contributed by atoms with Crippen LogP contribution in [0.3, 0.4) is 0 Å². The van der Waals surface area contributed by atoms with Crippen molar-refractivity contribution in [1.82, 2.24) is 4.98 Å². The fourth-order valence-corrected chi connectivity index (χ4v) is 1.58. The molecule has 0 aliphatic heterocycles. The van der Waals surface area contributed by atoms with Gasteiger partial charge in [0.15, 0.2) is 5.69 Å². The Balaban J connectivity index is 2.48. The second kappa shape index (κ2) is 4.65. The maximum Gasteiger partial charge on any atom is 0.355 e. The van der Waals surface area contributed by atoms with Crippen LogP contribution in [0.15, 0.2) is 42.6 Å². The molecule has 0 radical (unpaired) electrons. The van der Waals surface area contributed by atoms with Crippen molar-refractivity contribution in [3.63, 3.8) is 0 Å². The first-order chi connectivity index (χ1) is 8.22. The first kappa shape index (κ1) is 11.1. The number of hydrogen-bond acceptors (Lipinski definition) is 3. The lowest BCUT2D eigenvalue weighted by Crippen LogP contribution is -2.02. The highest BCUT2D eigenvalue weighted by Gasteiger charge is 2.12. The maximum atomic E-state index is 11.0. The second-order valence-electron chi connectivity index (χ2n) is 3.43. The molecule has 1 aromatic heterocycles. The number of aromatic nitrogens is 1. The van der Waals surface area contributed by atoms with Gasteiger partial charge >= 0.3 is 5.97 Å². The van der Waals surface area contributed by atoms with E-state index in [9.17, 15) is 4.79 Å². The third kappa shape index (κ3) is 2.25. The van der Waals surface area contributed by atoms with E-state index in [1.54, 1.807) is 31.4 Å². The number of carbonyl (C=O) groups is 1. The molecule has 0 aliphatic carbocycles. The topological polar surface area (TPSA) is 59.4 Å². The summed E-state index contributed by atoms with van der Waals surface area (Å²) in [4.78, 5) is 14.9. The lowest BCUT2D eigenvalue weighted by Gasteiger charge is -2.06. The lowest BCUT2D eigenvalue weighted by molar-refractivity contribution is 0.0691. The summed E-state index contributed by atoms with van der Waals surface area (Å²) in [6, 6.07) is 10.6. The summed E-state index contributed by atoms with van der Waals surface area (Å²) >= 11 is 0. The van der Waals surface area contributed by atoms with E-state index in [0.29, 0.717) is 5.56 Å². The zero-order chi connectivity index (χ0) is 12.3. The number of benzene rings is 1. The summed E-state index contributed by atoms with van der Waals surface area (Å²) in [5.41, 5.74) is 1.46. The smallest absolute Gasteiger partial charge is 0.355 e. The maximum absolute atomic E-state index is 11.0. The highest BCUT2D eigenvalue weighted by molar-refractivity contribution is 5.93. The van der Waals surface area contributed by atoms with Crippen LogP contribution in [0.2, 0.25) is 0 Å². The molecular weight excluding hydrogens is 218 g/mol. The quantitative estimate of drug-likeness (QED) is 0.878. The summed E-state index contributed by atoms with van der Waals surface area (Å²) in [6.07, 6.45) is 1.47. The van der Waals surface area contributed by atoms with E-state index < -0.39 is 5.97 Å². The average molecular weight is 229 g/mol. The number of carboxylic acids is 1. The molecule has 1 aromatic carbocycles. The minimum absolute atomic E-state index is 0.0534. The molecule has 0 unspecified atom stereocenters. The molecule has 0 aliphatic rings. The van der Waals surface area contributed by atoms with E-state index in [2.05, 4.69) is 4.98 Å². The predicted octanol–water partition coefficient (Wildman–Crippen LogP) is 2.46. The van der Waals surface area contributed by atoms with Gasteiger partial charge in [-0.05, 0) is 23.8 Å². The van der Waals surface area contributed by atoms with Crippen molar-refractivity contribution in [2.24, 2.45) is 0 Å². The zero-order valence-corrected chi connectivity index (χ0v) is 9.25. The van der Waals surface area contributed by atoms with Crippen LogP contribution in [0, 0.1) is 0 Å². The van der Waals surface area contributed by atoms with Gasteiger partial charge in [0.05, 0.1) is 7.11 Å². The average Bonchev–Trinajstić information content (AvgIpc) is 2.39. The van der Waals surface area contributed by atoms with Gasteiger partial charge in [0, 0.05) is 11.8 Å². The Morgan fingerprint density at radius 3 is 2.53 bits per heavy atom. The van der Waals surface area contributed by atoms with Crippen molar-refractivity contribution < 1.29 is 14.6 Å². The van der Waals surface area contributed by atoms with Crippen molar-refractivity contribution in [3.8, 4) is 16.9 Å². The summed E-state index contributed by atoms with van der Waals surface area (Å²) in [5.74, 6) is -0.300. The minimum atomic E-state index is -1.03. The van der Waals surface area contributed by atoms with E-state index in [-0.39, 0.29) is 5.69 Å². The molecular formula is C13H11NO3. The van der Waals surface area contributed by atoms with Crippen LogP contribution in [0.1, 0.15) is 10.5 Å². The SMILES string of the molecule is COc1ccc(-c2cccnc2C(=O)O)cc1. The lowest BCUT2D eigenvalue weighted by atomic mass is 10.0. The first-order valence-corrected chi connectivity index (χ1v) is 5.05. The van der Waals surface area contributed by atoms with Crippen molar-refractivity contribution in [1.29, 1.82) is 0 Å². The summed E-state index contributed by atoms with van der Waals surface area (Å²) in [6.45, 7) is 0. The van der Waals surface area contributed by atoms with Crippen LogP contribution < -0.4 is 4.74 Å². The Morgan fingerprint density at radius 2 is 1.94 bits per heavy atom. The monoisotopic (exact) mass is 229 g/mol. The fourth-order valence-electron chi connectivity index (χ4n) is 1.58. The van der Waals surface area contributed by atoms with Gasteiger partial charge in [-0.3, -0.25) is 0 Å². The Bertz CT molecular complexity index is 535. The standard InChI is InChI=1S/C13H11NO3/c1-17-10-6-4-9(5-7-10)11-3-2-8-14-12(11)13(15)16/h2-8H,1H3,(H,15,16). The summed E-state index contributed by atoms with van der Waals surface area (Å²) < 4.78 is 5.05. The number of carboxylic acid groups (broad SMARTS) is 1. The van der Waals surface area contributed by atoms with Crippen LogP contribution in [0.5, 0.6) is 5.75 Å². The van der Waals surface area contributed by atoms with Gasteiger partial charge in [-0.2, -0.15) is 0 Å². The minimum Gasteiger partial charge on any atom is -0.497 e. The first-order valence-electron chi connectivity index (χ1n) is 5.05. The Labute approximate surface area is 98.5 Å². The van der Waals surface area contributed by atoms with Gasteiger partial charge in [-0.15, -0.1) is 0 Å².